The molecule has 1 saturated heterocycles. The van der Waals surface area contributed by atoms with E-state index in [1.807, 2.05) is 12.1 Å². The molecule has 0 atom stereocenters. The van der Waals surface area contributed by atoms with Crippen LogP contribution in [-0.2, 0) is 16.2 Å². The van der Waals surface area contributed by atoms with Crippen LogP contribution in [0, 0.1) is 3.57 Å². The Hall–Kier alpha value is -3.08. The van der Waals surface area contributed by atoms with Gasteiger partial charge in [0.05, 0.1) is 21.4 Å². The smallest absolute Gasteiger partial charge is 0.335 e. The Morgan fingerprint density at radius 1 is 1.03 bits per heavy atom. The van der Waals surface area contributed by atoms with Crippen LogP contribution in [-0.4, -0.2) is 25.0 Å². The number of carbonyl (C=O) groups excluding carboxylic acids is 3. The van der Waals surface area contributed by atoms with Crippen molar-refractivity contribution in [1.29, 1.82) is 0 Å². The van der Waals surface area contributed by atoms with Gasteiger partial charge in [-0.1, -0.05) is 47.5 Å². The summed E-state index contributed by atoms with van der Waals surface area (Å²) >= 11 is 14.2. The highest BCUT2D eigenvalue weighted by atomic mass is 127. The van der Waals surface area contributed by atoms with Gasteiger partial charge in [-0.2, -0.15) is 0 Å². The number of imide groups is 2. The minimum atomic E-state index is -0.872. The predicted octanol–water partition coefficient (Wildman–Crippen LogP) is 5.85. The topological polar surface area (TPSA) is 84.9 Å². The summed E-state index contributed by atoms with van der Waals surface area (Å²) in [5.41, 5.74) is 1.38. The van der Waals surface area contributed by atoms with Gasteiger partial charge in [0, 0.05) is 5.02 Å². The third kappa shape index (κ3) is 5.44. The maximum absolute atomic E-state index is 13.1. The predicted molar refractivity (Wildman–Crippen MR) is 142 cm³/mol. The Morgan fingerprint density at radius 2 is 1.74 bits per heavy atom. The van der Waals surface area contributed by atoms with Crippen LogP contribution in [0.1, 0.15) is 11.1 Å². The standard InChI is InChI=1S/C25H17Cl2IN2O5/c1-34-21-12-15(11-19(28)22(21)35-13-14-6-8-16(26)9-7-14)10-17-23(31)29-25(33)30(24(17)32)20-5-3-2-4-18(20)27/h2-12H,13H2,1H3,(H,29,31,33)/b17-10+. The van der Waals surface area contributed by atoms with E-state index in [9.17, 15) is 14.4 Å². The molecule has 4 rings (SSSR count). The van der Waals surface area contributed by atoms with E-state index in [1.165, 1.54) is 19.3 Å². The van der Waals surface area contributed by atoms with Gasteiger partial charge in [-0.25, -0.2) is 9.69 Å². The quantitative estimate of drug-likeness (QED) is 0.212. The summed E-state index contributed by atoms with van der Waals surface area (Å²) in [6, 6.07) is 16.2. The Kier molecular flexibility index (Phi) is 7.63. The van der Waals surface area contributed by atoms with Gasteiger partial charge >= 0.3 is 6.03 Å². The first-order valence-electron chi connectivity index (χ1n) is 10.2. The average molecular weight is 623 g/mol. The second-order valence-corrected chi connectivity index (χ2v) is 9.36. The SMILES string of the molecule is COc1cc(/C=C2\C(=O)NC(=O)N(c3ccccc3Cl)C2=O)cc(I)c1OCc1ccc(Cl)cc1. The molecule has 3 aromatic rings. The first kappa shape index (κ1) is 25.0. The van der Waals surface area contributed by atoms with Gasteiger partial charge in [-0.3, -0.25) is 14.9 Å². The molecule has 4 amide bonds. The van der Waals surface area contributed by atoms with Crippen molar-refractivity contribution in [3.8, 4) is 11.5 Å². The summed E-state index contributed by atoms with van der Waals surface area (Å²) in [6.45, 7) is 0.291. The van der Waals surface area contributed by atoms with Gasteiger partial charge in [0.2, 0.25) is 0 Å². The molecule has 0 bridgehead atoms. The van der Waals surface area contributed by atoms with Crippen LogP contribution in [0.5, 0.6) is 11.5 Å². The number of nitrogens with one attached hydrogen (secondary N) is 1. The van der Waals surface area contributed by atoms with E-state index in [2.05, 4.69) is 27.9 Å². The maximum atomic E-state index is 13.1. The number of para-hydroxylation sites is 1. The van der Waals surface area contributed by atoms with E-state index in [0.29, 0.717) is 32.3 Å². The Morgan fingerprint density at radius 3 is 2.43 bits per heavy atom. The summed E-state index contributed by atoms with van der Waals surface area (Å²) in [6.07, 6.45) is 1.39. The maximum Gasteiger partial charge on any atom is 0.335 e. The fourth-order valence-corrected chi connectivity index (χ4v) is 4.50. The van der Waals surface area contributed by atoms with Crippen molar-refractivity contribution in [2.45, 2.75) is 6.61 Å². The number of benzene rings is 3. The highest BCUT2D eigenvalue weighted by Crippen LogP contribution is 2.36. The molecule has 0 aromatic heterocycles. The number of rotatable bonds is 6. The molecule has 0 aliphatic carbocycles. The van der Waals surface area contributed by atoms with Gasteiger partial charge in [-0.05, 0) is 76.2 Å². The van der Waals surface area contributed by atoms with E-state index in [0.717, 1.165) is 10.5 Å². The van der Waals surface area contributed by atoms with E-state index < -0.39 is 17.8 Å². The summed E-state index contributed by atoms with van der Waals surface area (Å²) in [7, 11) is 1.49. The zero-order valence-corrected chi connectivity index (χ0v) is 21.8. The molecule has 7 nitrogen and oxygen atoms in total. The molecule has 1 heterocycles. The van der Waals surface area contributed by atoms with Gasteiger partial charge in [-0.15, -0.1) is 0 Å². The van der Waals surface area contributed by atoms with Crippen LogP contribution < -0.4 is 19.7 Å². The van der Waals surface area contributed by atoms with E-state index in [4.69, 9.17) is 32.7 Å². The van der Waals surface area contributed by atoms with Crippen molar-refractivity contribution < 1.29 is 23.9 Å². The largest absolute Gasteiger partial charge is 0.493 e. The van der Waals surface area contributed by atoms with Crippen molar-refractivity contribution >= 4 is 75.4 Å². The third-order valence-electron chi connectivity index (χ3n) is 5.05. The molecule has 1 N–H and O–H groups in total. The fourth-order valence-electron chi connectivity index (χ4n) is 3.38. The fraction of sp³-hybridized carbons (Fsp3) is 0.0800. The second-order valence-electron chi connectivity index (χ2n) is 7.36. The van der Waals surface area contributed by atoms with Crippen LogP contribution in [0.15, 0.2) is 66.2 Å². The number of nitrogens with zero attached hydrogens (tertiary/aromatic N) is 1. The number of hydrogen-bond donors (Lipinski definition) is 1. The number of amides is 4. The zero-order valence-electron chi connectivity index (χ0n) is 18.2. The normalized spacial score (nSPS) is 14.8. The molecule has 178 valence electrons. The number of hydrogen-bond acceptors (Lipinski definition) is 5. The van der Waals surface area contributed by atoms with Gasteiger partial charge < -0.3 is 9.47 Å². The number of halogens is 3. The van der Waals surface area contributed by atoms with Gasteiger partial charge in [0.1, 0.15) is 12.2 Å². The monoisotopic (exact) mass is 622 g/mol. The lowest BCUT2D eigenvalue weighted by Gasteiger charge is -2.27. The molecular weight excluding hydrogens is 606 g/mol. The molecule has 1 aliphatic heterocycles. The second kappa shape index (κ2) is 10.7. The Bertz CT molecular complexity index is 1360. The summed E-state index contributed by atoms with van der Waals surface area (Å²) < 4.78 is 12.2. The molecule has 1 fully saturated rings. The van der Waals surface area contributed by atoms with E-state index in [1.54, 1.807) is 42.5 Å². The number of barbiturate groups is 1. The molecular formula is C25H17Cl2IN2O5. The van der Waals surface area contributed by atoms with Gasteiger partial charge in [0.15, 0.2) is 11.5 Å². The molecule has 0 saturated carbocycles. The first-order valence-corrected chi connectivity index (χ1v) is 12.0. The number of methoxy groups -OCH3 is 1. The molecule has 3 aromatic carbocycles. The summed E-state index contributed by atoms with van der Waals surface area (Å²) in [5.74, 6) is -0.665. The average Bonchev–Trinajstić information content (AvgIpc) is 2.83. The first-order chi connectivity index (χ1) is 16.8. The lowest BCUT2D eigenvalue weighted by Crippen LogP contribution is -2.54. The summed E-state index contributed by atoms with van der Waals surface area (Å²) in [5, 5.41) is 3.02. The number of anilines is 1. The van der Waals surface area contributed by atoms with Crippen LogP contribution >= 0.6 is 45.8 Å². The van der Waals surface area contributed by atoms with Crippen molar-refractivity contribution in [2.75, 3.05) is 12.0 Å². The highest BCUT2D eigenvalue weighted by Gasteiger charge is 2.37. The highest BCUT2D eigenvalue weighted by molar-refractivity contribution is 14.1. The lowest BCUT2D eigenvalue weighted by molar-refractivity contribution is -0.122. The van der Waals surface area contributed by atoms with Crippen LogP contribution in [0.3, 0.4) is 0 Å². The van der Waals surface area contributed by atoms with Crippen molar-refractivity contribution in [2.24, 2.45) is 0 Å². The zero-order chi connectivity index (χ0) is 25.1. The Labute approximate surface area is 224 Å². The Balaban J connectivity index is 1.64. The molecule has 0 unspecified atom stereocenters. The van der Waals surface area contributed by atoms with Crippen molar-refractivity contribution in [1.82, 2.24) is 5.32 Å². The van der Waals surface area contributed by atoms with Crippen LogP contribution in [0.25, 0.3) is 6.08 Å². The number of carbonyl (C=O) groups is 3. The number of urea groups is 1. The van der Waals surface area contributed by atoms with Crippen molar-refractivity contribution in [3.63, 3.8) is 0 Å². The van der Waals surface area contributed by atoms with Crippen LogP contribution in [0.4, 0.5) is 10.5 Å². The molecule has 35 heavy (non-hydrogen) atoms. The molecule has 0 radical (unpaired) electrons. The molecule has 0 spiro atoms. The van der Waals surface area contributed by atoms with Crippen molar-refractivity contribution in [3.05, 3.63) is 91.0 Å². The third-order valence-corrected chi connectivity index (χ3v) is 6.43. The number of ether oxygens (including phenoxy) is 2. The molecule has 10 heteroatoms. The minimum Gasteiger partial charge on any atom is -0.493 e. The van der Waals surface area contributed by atoms with E-state index >= 15 is 0 Å². The van der Waals surface area contributed by atoms with Crippen LogP contribution in [0.2, 0.25) is 10.0 Å². The lowest BCUT2D eigenvalue weighted by atomic mass is 10.1. The van der Waals surface area contributed by atoms with Gasteiger partial charge in [0.25, 0.3) is 11.8 Å². The molecule has 1 aliphatic rings. The minimum absolute atomic E-state index is 0.174. The summed E-state index contributed by atoms with van der Waals surface area (Å²) in [4.78, 5) is 38.9. The van der Waals surface area contributed by atoms with E-state index in [-0.39, 0.29) is 16.3 Å².